The first-order chi connectivity index (χ1) is 10.5. The summed E-state index contributed by atoms with van der Waals surface area (Å²) in [5.74, 6) is -0.399. The second kappa shape index (κ2) is 6.89. The number of carbonyl (C=O) groups excluding carboxylic acids is 2. The summed E-state index contributed by atoms with van der Waals surface area (Å²) in [6.07, 6.45) is 4.79. The zero-order valence-electron chi connectivity index (χ0n) is 12.8. The maximum Gasteiger partial charge on any atom is 0.287 e. The number of hydrogen-bond acceptors (Lipinski definition) is 4. The van der Waals surface area contributed by atoms with E-state index in [0.717, 1.165) is 5.56 Å². The van der Waals surface area contributed by atoms with E-state index in [1.807, 2.05) is 19.1 Å². The summed E-state index contributed by atoms with van der Waals surface area (Å²) < 4.78 is 5.01. The van der Waals surface area contributed by atoms with E-state index < -0.39 is 11.9 Å². The molecular weight excluding hydrogens is 282 g/mol. The Labute approximate surface area is 129 Å². The molecule has 0 saturated heterocycles. The van der Waals surface area contributed by atoms with Gasteiger partial charge < -0.3 is 14.6 Å². The van der Waals surface area contributed by atoms with Crippen molar-refractivity contribution in [2.45, 2.75) is 25.9 Å². The lowest BCUT2D eigenvalue weighted by Crippen LogP contribution is -2.46. The first-order valence-electron chi connectivity index (χ1n) is 7.01. The van der Waals surface area contributed by atoms with Gasteiger partial charge in [-0.25, -0.2) is 0 Å². The van der Waals surface area contributed by atoms with E-state index in [1.165, 1.54) is 6.26 Å². The predicted molar refractivity (Wildman–Crippen MR) is 81.1 cm³/mol. The number of nitrogens with zero attached hydrogens (tertiary/aromatic N) is 2. The van der Waals surface area contributed by atoms with E-state index in [1.54, 1.807) is 43.4 Å². The fourth-order valence-corrected chi connectivity index (χ4v) is 2.10. The highest BCUT2D eigenvalue weighted by atomic mass is 16.3. The molecule has 0 bridgehead atoms. The molecule has 2 rings (SSSR count). The molecule has 116 valence electrons. The highest BCUT2D eigenvalue weighted by Gasteiger charge is 2.24. The minimum atomic E-state index is -0.646. The molecule has 2 aromatic rings. The van der Waals surface area contributed by atoms with Crippen molar-refractivity contribution in [1.82, 2.24) is 15.2 Å². The van der Waals surface area contributed by atoms with Crippen molar-refractivity contribution in [3.63, 3.8) is 0 Å². The third-order valence-electron chi connectivity index (χ3n) is 3.58. The molecule has 0 saturated carbocycles. The molecule has 2 amide bonds. The van der Waals surface area contributed by atoms with Crippen LogP contribution in [-0.4, -0.2) is 34.8 Å². The fourth-order valence-electron chi connectivity index (χ4n) is 2.10. The van der Waals surface area contributed by atoms with Crippen LogP contribution in [0.3, 0.4) is 0 Å². The van der Waals surface area contributed by atoms with Gasteiger partial charge in [0.15, 0.2) is 5.76 Å². The summed E-state index contributed by atoms with van der Waals surface area (Å²) in [4.78, 5) is 29.9. The molecule has 0 spiro atoms. The zero-order chi connectivity index (χ0) is 16.1. The Bertz CT molecular complexity index is 625. The third-order valence-corrected chi connectivity index (χ3v) is 3.58. The maximum absolute atomic E-state index is 12.4. The van der Waals surface area contributed by atoms with Gasteiger partial charge in [-0.3, -0.25) is 14.6 Å². The molecule has 0 unspecified atom stereocenters. The second-order valence-electron chi connectivity index (χ2n) is 5.08. The Kier molecular flexibility index (Phi) is 4.93. The van der Waals surface area contributed by atoms with Crippen molar-refractivity contribution in [2.75, 3.05) is 7.05 Å². The molecule has 0 aromatic carbocycles. The molecule has 1 N–H and O–H groups in total. The number of aromatic nitrogens is 1. The van der Waals surface area contributed by atoms with Crippen molar-refractivity contribution in [3.8, 4) is 0 Å². The average Bonchev–Trinajstić information content (AvgIpc) is 3.08. The first-order valence-corrected chi connectivity index (χ1v) is 7.01. The molecule has 22 heavy (non-hydrogen) atoms. The average molecular weight is 301 g/mol. The smallest absolute Gasteiger partial charge is 0.287 e. The molecule has 0 radical (unpaired) electrons. The molecule has 0 aliphatic carbocycles. The van der Waals surface area contributed by atoms with E-state index in [2.05, 4.69) is 10.3 Å². The van der Waals surface area contributed by atoms with Crippen LogP contribution in [0.5, 0.6) is 0 Å². The molecule has 6 heteroatoms. The third kappa shape index (κ3) is 3.52. The van der Waals surface area contributed by atoms with Crippen molar-refractivity contribution >= 4 is 11.8 Å². The second-order valence-corrected chi connectivity index (χ2v) is 5.08. The van der Waals surface area contributed by atoms with E-state index in [-0.39, 0.29) is 17.7 Å². The lowest BCUT2D eigenvalue weighted by Gasteiger charge is -2.28. The highest BCUT2D eigenvalue weighted by Crippen LogP contribution is 2.18. The number of hydrogen-bond donors (Lipinski definition) is 1. The summed E-state index contributed by atoms with van der Waals surface area (Å²) in [5, 5.41) is 2.63. The van der Waals surface area contributed by atoms with Crippen molar-refractivity contribution in [2.24, 2.45) is 0 Å². The van der Waals surface area contributed by atoms with Crippen molar-refractivity contribution < 1.29 is 14.0 Å². The Morgan fingerprint density at radius 1 is 1.23 bits per heavy atom. The van der Waals surface area contributed by atoms with Gasteiger partial charge in [0.25, 0.3) is 5.91 Å². The Balaban J connectivity index is 1.99. The normalized spacial score (nSPS) is 13.2. The number of carbonyl (C=O) groups is 2. The summed E-state index contributed by atoms with van der Waals surface area (Å²) in [7, 11) is 1.71. The highest BCUT2D eigenvalue weighted by molar-refractivity contribution is 5.95. The number of amides is 2. The number of rotatable bonds is 5. The van der Waals surface area contributed by atoms with E-state index >= 15 is 0 Å². The Morgan fingerprint density at radius 3 is 2.50 bits per heavy atom. The van der Waals surface area contributed by atoms with Crippen LogP contribution in [0.1, 0.15) is 36.0 Å². The maximum atomic E-state index is 12.4. The fraction of sp³-hybridized carbons (Fsp3) is 0.312. The quantitative estimate of drug-likeness (QED) is 0.916. The monoisotopic (exact) mass is 301 g/mol. The molecule has 2 atom stereocenters. The van der Waals surface area contributed by atoms with Gasteiger partial charge in [0.2, 0.25) is 5.91 Å². The first kappa shape index (κ1) is 15.8. The number of furan rings is 1. The van der Waals surface area contributed by atoms with Gasteiger partial charge in [0, 0.05) is 19.4 Å². The van der Waals surface area contributed by atoms with Gasteiger partial charge >= 0.3 is 0 Å². The van der Waals surface area contributed by atoms with Crippen LogP contribution in [0.15, 0.2) is 47.3 Å². The minimum Gasteiger partial charge on any atom is -0.459 e. The van der Waals surface area contributed by atoms with Crippen LogP contribution in [-0.2, 0) is 4.79 Å². The Morgan fingerprint density at radius 2 is 1.91 bits per heavy atom. The number of nitrogens with one attached hydrogen (secondary N) is 1. The standard InChI is InChI=1S/C16H19N3O3/c1-11(18-15(20)14-5-4-10-22-14)16(21)19(3)12(2)13-6-8-17-9-7-13/h4-12H,1-3H3,(H,18,20)/t11-,12-/m0/s1. The van der Waals surface area contributed by atoms with E-state index in [0.29, 0.717) is 0 Å². The zero-order valence-corrected chi connectivity index (χ0v) is 12.8. The predicted octanol–water partition coefficient (Wildman–Crippen LogP) is 2.01. The van der Waals surface area contributed by atoms with Gasteiger partial charge in [-0.1, -0.05) is 0 Å². The van der Waals surface area contributed by atoms with Crippen LogP contribution in [0, 0.1) is 0 Å². The van der Waals surface area contributed by atoms with Crippen molar-refractivity contribution in [3.05, 3.63) is 54.2 Å². The summed E-state index contributed by atoms with van der Waals surface area (Å²) in [6, 6.07) is 6.14. The Hall–Kier alpha value is -2.63. The molecule has 0 aliphatic rings. The minimum absolute atomic E-state index is 0.113. The number of pyridine rings is 1. The molecule has 2 aromatic heterocycles. The van der Waals surface area contributed by atoms with Gasteiger partial charge in [0.1, 0.15) is 6.04 Å². The van der Waals surface area contributed by atoms with Crippen LogP contribution in [0.4, 0.5) is 0 Å². The van der Waals surface area contributed by atoms with E-state index in [4.69, 9.17) is 4.42 Å². The van der Waals surface area contributed by atoms with E-state index in [9.17, 15) is 9.59 Å². The van der Waals surface area contributed by atoms with Gasteiger partial charge in [0.05, 0.1) is 12.3 Å². The van der Waals surface area contributed by atoms with Crippen LogP contribution in [0.25, 0.3) is 0 Å². The summed E-state index contributed by atoms with van der Waals surface area (Å²) in [6.45, 7) is 3.58. The molecule has 0 aliphatic heterocycles. The van der Waals surface area contributed by atoms with Crippen molar-refractivity contribution in [1.29, 1.82) is 0 Å². The largest absolute Gasteiger partial charge is 0.459 e. The summed E-state index contributed by atoms with van der Waals surface area (Å²) >= 11 is 0. The summed E-state index contributed by atoms with van der Waals surface area (Å²) in [5.41, 5.74) is 0.982. The van der Waals surface area contributed by atoms with Crippen LogP contribution in [0.2, 0.25) is 0 Å². The van der Waals surface area contributed by atoms with Gasteiger partial charge in [-0.15, -0.1) is 0 Å². The van der Waals surface area contributed by atoms with Crippen LogP contribution >= 0.6 is 0 Å². The molecule has 6 nitrogen and oxygen atoms in total. The lowest BCUT2D eigenvalue weighted by atomic mass is 10.1. The van der Waals surface area contributed by atoms with Crippen LogP contribution < -0.4 is 5.32 Å². The van der Waals surface area contributed by atoms with Gasteiger partial charge in [-0.05, 0) is 43.7 Å². The SMILES string of the molecule is C[C@H](NC(=O)c1ccco1)C(=O)N(C)[C@@H](C)c1ccncc1. The van der Waals surface area contributed by atoms with Gasteiger partial charge in [-0.2, -0.15) is 0 Å². The molecule has 0 fully saturated rings. The molecular formula is C16H19N3O3. The molecule has 2 heterocycles. The topological polar surface area (TPSA) is 75.4 Å². The number of likely N-dealkylation sites (N-methyl/N-ethyl adjacent to an activating group) is 1. The lowest BCUT2D eigenvalue weighted by molar-refractivity contribution is -0.133.